The maximum Gasteiger partial charge on any atom is 0.400 e. The minimum atomic E-state index is -4.05. The van der Waals surface area contributed by atoms with E-state index in [0.29, 0.717) is 0 Å². The van der Waals surface area contributed by atoms with Gasteiger partial charge in [0.2, 0.25) is 12.6 Å². The number of ether oxygens (including phenoxy) is 5. The highest BCUT2D eigenvalue weighted by Crippen LogP contribution is 2.27. The van der Waals surface area contributed by atoms with E-state index in [1.807, 2.05) is 0 Å². The Morgan fingerprint density at radius 2 is 0.968 bits per heavy atom. The van der Waals surface area contributed by atoms with Gasteiger partial charge in [-0.1, -0.05) is 0 Å². The first-order valence-electron chi connectivity index (χ1n) is 9.27. The highest BCUT2D eigenvalue weighted by atomic mass is 19.3. The molecule has 0 spiro atoms. The number of morpholine rings is 2. The Bertz CT molecular complexity index is 431. The summed E-state index contributed by atoms with van der Waals surface area (Å²) in [5.41, 5.74) is 0. The lowest BCUT2D eigenvalue weighted by molar-refractivity contribution is -0.312. The monoisotopic (exact) mass is 480 g/mol. The summed E-state index contributed by atoms with van der Waals surface area (Å²) >= 11 is 0. The van der Waals surface area contributed by atoms with E-state index in [0.717, 1.165) is 9.80 Å². The molecule has 2 heterocycles. The summed E-state index contributed by atoms with van der Waals surface area (Å²) in [5.74, 6) is 0. The highest BCUT2D eigenvalue weighted by molar-refractivity contribution is 4.73. The van der Waals surface area contributed by atoms with Crippen LogP contribution in [-0.2, 0) is 23.7 Å². The van der Waals surface area contributed by atoms with Crippen LogP contribution < -0.4 is 0 Å². The van der Waals surface area contributed by atoms with Crippen molar-refractivity contribution in [2.75, 3.05) is 79.0 Å². The van der Waals surface area contributed by atoms with E-state index in [4.69, 9.17) is 14.2 Å². The molecule has 0 N–H and O–H groups in total. The molecule has 2 atom stereocenters. The second-order valence-corrected chi connectivity index (χ2v) is 6.40. The summed E-state index contributed by atoms with van der Waals surface area (Å²) in [6, 6.07) is 0. The van der Waals surface area contributed by atoms with E-state index in [1.54, 1.807) is 0 Å². The second-order valence-electron chi connectivity index (χ2n) is 6.40. The van der Waals surface area contributed by atoms with E-state index >= 15 is 0 Å². The third-order valence-electron chi connectivity index (χ3n) is 4.33. The van der Waals surface area contributed by atoms with Gasteiger partial charge in [0.05, 0.1) is 52.9 Å². The average molecular weight is 480 g/mol. The van der Waals surface area contributed by atoms with Gasteiger partial charge in [0.25, 0.3) is 0 Å². The molecule has 2 unspecified atom stereocenters. The van der Waals surface area contributed by atoms with Crippen LogP contribution in [0.25, 0.3) is 0 Å². The molecule has 7 nitrogen and oxygen atoms in total. The van der Waals surface area contributed by atoms with Crippen molar-refractivity contribution in [3.63, 3.8) is 0 Å². The van der Waals surface area contributed by atoms with E-state index < -0.39 is 51.2 Å². The van der Waals surface area contributed by atoms with Crippen LogP contribution in [0.1, 0.15) is 0 Å². The third kappa shape index (κ3) is 9.67. The molecule has 0 bridgehead atoms. The first-order valence-corrected chi connectivity index (χ1v) is 9.27. The van der Waals surface area contributed by atoms with Gasteiger partial charge in [0.1, 0.15) is 0 Å². The molecule has 15 heteroatoms. The Morgan fingerprint density at radius 1 is 0.645 bits per heavy atom. The summed E-state index contributed by atoms with van der Waals surface area (Å²) in [6.45, 7) is -1.46. The van der Waals surface area contributed by atoms with Gasteiger partial charge >= 0.3 is 12.2 Å². The van der Waals surface area contributed by atoms with Crippen molar-refractivity contribution < 1.29 is 59.4 Å². The average Bonchev–Trinajstić information content (AvgIpc) is 2.73. The Hall–Kier alpha value is -0.840. The van der Waals surface area contributed by atoms with Gasteiger partial charge in [-0.05, 0) is 0 Å². The molecule has 0 aliphatic carbocycles. The number of hydrogen-bond acceptors (Lipinski definition) is 7. The minimum Gasteiger partial charge on any atom is -0.379 e. The van der Waals surface area contributed by atoms with Crippen molar-refractivity contribution in [1.29, 1.82) is 0 Å². The fourth-order valence-electron chi connectivity index (χ4n) is 2.75. The maximum absolute atomic E-state index is 13.9. The highest BCUT2D eigenvalue weighted by Gasteiger charge is 2.46. The first kappa shape index (κ1) is 30.2. The zero-order valence-electron chi connectivity index (χ0n) is 16.7. The van der Waals surface area contributed by atoms with Crippen LogP contribution in [0.15, 0.2) is 0 Å². The number of halogens is 8. The van der Waals surface area contributed by atoms with E-state index in [-0.39, 0.29) is 62.0 Å². The first-order chi connectivity index (χ1) is 13.7. The second kappa shape index (κ2) is 14.3. The van der Waals surface area contributed by atoms with Crippen LogP contribution in [0.5, 0.6) is 0 Å². The predicted octanol–water partition coefficient (Wildman–Crippen LogP) is 1.78. The molecule has 0 saturated carbocycles. The molecule has 188 valence electrons. The van der Waals surface area contributed by atoms with Crippen LogP contribution in [0.4, 0.5) is 35.8 Å². The summed E-state index contributed by atoms with van der Waals surface area (Å²) in [7, 11) is 0. The number of nitrogens with zero attached hydrogens (tertiary/aromatic N) is 2. The van der Waals surface area contributed by atoms with Crippen molar-refractivity contribution in [2.24, 2.45) is 0 Å². The van der Waals surface area contributed by atoms with Gasteiger partial charge in [0.15, 0.2) is 0 Å². The van der Waals surface area contributed by atoms with Gasteiger partial charge in [-0.2, -0.15) is 17.6 Å². The lowest BCUT2D eigenvalue weighted by atomic mass is 10.4. The van der Waals surface area contributed by atoms with Gasteiger partial charge in [-0.25, -0.2) is 8.78 Å². The van der Waals surface area contributed by atoms with E-state index in [9.17, 15) is 26.3 Å². The Balaban J connectivity index is 0.00000450. The van der Waals surface area contributed by atoms with Crippen LogP contribution >= 0.6 is 0 Å². The molecule has 0 aromatic heterocycles. The molecule has 0 radical (unpaired) electrons. The summed E-state index contributed by atoms with van der Waals surface area (Å²) in [5, 5.41) is 0. The molecular weight excluding hydrogens is 452 g/mol. The van der Waals surface area contributed by atoms with Crippen molar-refractivity contribution in [2.45, 2.75) is 24.8 Å². The standard InChI is InChI=1S/C16H26F6N2O5.2FH/c17-13(23-1-5-25-6-2-23)15(19,20)28-11-9-27-10-12-29-16(21,22)14(18)24-3-7-26-8-4-24;;/h13-14H,1-12H2;2*1H. The van der Waals surface area contributed by atoms with E-state index in [2.05, 4.69) is 9.47 Å². The zero-order valence-corrected chi connectivity index (χ0v) is 16.7. The topological polar surface area (TPSA) is 52.6 Å². The summed E-state index contributed by atoms with van der Waals surface area (Å²) < 4.78 is 106. The molecule has 2 aliphatic heterocycles. The normalized spacial score (nSPS) is 21.1. The quantitative estimate of drug-likeness (QED) is 0.240. The lowest BCUT2D eigenvalue weighted by Gasteiger charge is -2.33. The van der Waals surface area contributed by atoms with Gasteiger partial charge in [-0.3, -0.25) is 19.2 Å². The Kier molecular flexibility index (Phi) is 13.9. The molecule has 2 aliphatic rings. The van der Waals surface area contributed by atoms with Crippen LogP contribution in [0, 0.1) is 0 Å². The number of hydrogen-bond donors (Lipinski definition) is 0. The summed E-state index contributed by atoms with van der Waals surface area (Å²) in [6.07, 6.45) is -13.4. The SMILES string of the molecule is F.F.FC(N1CCOCC1)C(F)(F)OCCOCCOC(F)(F)C(F)N1CCOCC1. The molecule has 2 saturated heterocycles. The van der Waals surface area contributed by atoms with Crippen molar-refractivity contribution in [3.8, 4) is 0 Å². The summed E-state index contributed by atoms with van der Waals surface area (Å²) in [4.78, 5) is 1.81. The van der Waals surface area contributed by atoms with Gasteiger partial charge in [0, 0.05) is 26.2 Å². The van der Waals surface area contributed by atoms with Crippen molar-refractivity contribution >= 4 is 0 Å². The van der Waals surface area contributed by atoms with Crippen LogP contribution in [-0.4, -0.2) is 114 Å². The zero-order chi connectivity index (χ0) is 21.3. The largest absolute Gasteiger partial charge is 0.400 e. The molecule has 0 aromatic carbocycles. The van der Waals surface area contributed by atoms with Gasteiger partial charge in [-0.15, -0.1) is 0 Å². The van der Waals surface area contributed by atoms with Gasteiger partial charge < -0.3 is 23.7 Å². The smallest absolute Gasteiger partial charge is 0.379 e. The fourth-order valence-corrected chi connectivity index (χ4v) is 2.75. The minimum absolute atomic E-state index is 0. The lowest BCUT2D eigenvalue weighted by Crippen LogP contribution is -2.51. The van der Waals surface area contributed by atoms with Crippen LogP contribution in [0.2, 0.25) is 0 Å². The predicted molar refractivity (Wildman–Crippen MR) is 92.2 cm³/mol. The molecule has 0 amide bonds. The molecule has 2 fully saturated rings. The fraction of sp³-hybridized carbons (Fsp3) is 1.00. The van der Waals surface area contributed by atoms with E-state index in [1.165, 1.54) is 0 Å². The number of rotatable bonds is 12. The Labute approximate surface area is 174 Å². The maximum atomic E-state index is 13.9. The van der Waals surface area contributed by atoms with Crippen LogP contribution in [0.3, 0.4) is 0 Å². The van der Waals surface area contributed by atoms with Crippen molar-refractivity contribution in [1.82, 2.24) is 9.80 Å². The molecule has 31 heavy (non-hydrogen) atoms. The molecule has 0 aromatic rings. The molecule has 2 rings (SSSR count). The number of alkyl halides is 6. The third-order valence-corrected chi connectivity index (χ3v) is 4.33. The molecular formula is C16H28F8N2O5. The van der Waals surface area contributed by atoms with Crippen molar-refractivity contribution in [3.05, 3.63) is 0 Å². The Morgan fingerprint density at radius 3 is 1.29 bits per heavy atom.